The Morgan fingerprint density at radius 2 is 1.81 bits per heavy atom. The Balaban J connectivity index is 1.86. The van der Waals surface area contributed by atoms with Crippen LogP contribution in [0.15, 0.2) is 0 Å². The number of rotatable bonds is 4. The molecule has 2 aliphatic rings. The zero-order chi connectivity index (χ0) is 15.3. The van der Waals surface area contributed by atoms with Gasteiger partial charge in [-0.3, -0.25) is 0 Å². The molecule has 0 aromatic rings. The summed E-state index contributed by atoms with van der Waals surface area (Å²) in [7, 11) is 0. The number of hydrogen-bond acceptors (Lipinski definition) is 2. The summed E-state index contributed by atoms with van der Waals surface area (Å²) in [4.78, 5) is 2.81. The van der Waals surface area contributed by atoms with E-state index in [2.05, 4.69) is 37.9 Å². The quantitative estimate of drug-likeness (QED) is 0.778. The van der Waals surface area contributed by atoms with E-state index in [9.17, 15) is 0 Å². The molecule has 0 amide bonds. The van der Waals surface area contributed by atoms with Crippen molar-refractivity contribution in [2.45, 2.75) is 78.7 Å². The molecule has 2 heteroatoms. The van der Waals surface area contributed by atoms with Crippen LogP contribution in [0.5, 0.6) is 0 Å². The third-order valence-corrected chi connectivity index (χ3v) is 5.98. The van der Waals surface area contributed by atoms with Crippen LogP contribution in [0, 0.1) is 17.3 Å². The van der Waals surface area contributed by atoms with Crippen LogP contribution in [0.1, 0.15) is 72.6 Å². The smallest absolute Gasteiger partial charge is 0.00953 e. The molecule has 1 aliphatic carbocycles. The van der Waals surface area contributed by atoms with E-state index in [1.165, 1.54) is 71.1 Å². The van der Waals surface area contributed by atoms with Crippen LogP contribution >= 0.6 is 0 Å². The molecule has 1 aliphatic heterocycles. The lowest BCUT2D eigenvalue weighted by atomic mass is 9.76. The fourth-order valence-corrected chi connectivity index (χ4v) is 4.46. The Morgan fingerprint density at radius 3 is 2.43 bits per heavy atom. The van der Waals surface area contributed by atoms with Crippen molar-refractivity contribution in [3.63, 3.8) is 0 Å². The average molecular weight is 295 g/mol. The Hall–Kier alpha value is -0.0800. The lowest BCUT2D eigenvalue weighted by Crippen LogP contribution is -2.42. The molecule has 124 valence electrons. The first-order valence-corrected chi connectivity index (χ1v) is 9.45. The van der Waals surface area contributed by atoms with Crippen LogP contribution in [0.4, 0.5) is 0 Å². The molecule has 0 radical (unpaired) electrons. The second kappa shape index (κ2) is 7.97. The molecule has 1 saturated heterocycles. The lowest BCUT2D eigenvalue weighted by molar-refractivity contribution is 0.143. The second-order valence-corrected chi connectivity index (χ2v) is 8.52. The molecule has 0 aromatic heterocycles. The standard InChI is InChI=1S/C19H38N2/c1-5-21(15-16-8-7-13-20-14-16)18-10-6-9-17(11-12-18)19(2,3)4/h16-18,20H,5-15H2,1-4H3. The van der Waals surface area contributed by atoms with E-state index >= 15 is 0 Å². The zero-order valence-electron chi connectivity index (χ0n) is 15.0. The Labute approximate surface area is 133 Å². The van der Waals surface area contributed by atoms with Gasteiger partial charge >= 0.3 is 0 Å². The monoisotopic (exact) mass is 294 g/mol. The normalized spacial score (nSPS) is 32.1. The lowest BCUT2D eigenvalue weighted by Gasteiger charge is -2.35. The molecule has 2 nitrogen and oxygen atoms in total. The first-order chi connectivity index (χ1) is 10.0. The van der Waals surface area contributed by atoms with Crippen molar-refractivity contribution in [3.8, 4) is 0 Å². The van der Waals surface area contributed by atoms with Gasteiger partial charge in [0.1, 0.15) is 0 Å². The summed E-state index contributed by atoms with van der Waals surface area (Å²) in [6.45, 7) is 14.7. The molecule has 1 heterocycles. The molecule has 3 atom stereocenters. The largest absolute Gasteiger partial charge is 0.316 e. The molecule has 3 unspecified atom stereocenters. The van der Waals surface area contributed by atoms with Gasteiger partial charge in [0.25, 0.3) is 0 Å². The molecule has 0 bridgehead atoms. The SMILES string of the molecule is CCN(CC1CCCNC1)C1CCCC(C(C)(C)C)CC1. The Kier molecular flexibility index (Phi) is 6.55. The van der Waals surface area contributed by atoms with Gasteiger partial charge in [0, 0.05) is 12.6 Å². The summed E-state index contributed by atoms with van der Waals surface area (Å²) in [5.41, 5.74) is 0.499. The van der Waals surface area contributed by atoms with Crippen molar-refractivity contribution in [1.29, 1.82) is 0 Å². The molecule has 1 N–H and O–H groups in total. The van der Waals surface area contributed by atoms with Crippen LogP contribution in [0.2, 0.25) is 0 Å². The van der Waals surface area contributed by atoms with Gasteiger partial charge in [0.15, 0.2) is 0 Å². The van der Waals surface area contributed by atoms with E-state index in [1.54, 1.807) is 0 Å². The Morgan fingerprint density at radius 1 is 1.00 bits per heavy atom. The molecular weight excluding hydrogens is 256 g/mol. The minimum atomic E-state index is 0.499. The van der Waals surface area contributed by atoms with Crippen LogP contribution in [0.25, 0.3) is 0 Å². The molecular formula is C19H38N2. The van der Waals surface area contributed by atoms with Crippen LogP contribution in [-0.4, -0.2) is 37.1 Å². The van der Waals surface area contributed by atoms with E-state index in [1.807, 2.05) is 0 Å². The molecule has 21 heavy (non-hydrogen) atoms. The van der Waals surface area contributed by atoms with Crippen molar-refractivity contribution in [3.05, 3.63) is 0 Å². The van der Waals surface area contributed by atoms with Gasteiger partial charge in [-0.2, -0.15) is 0 Å². The number of piperidine rings is 1. The van der Waals surface area contributed by atoms with Crippen molar-refractivity contribution < 1.29 is 0 Å². The maximum absolute atomic E-state index is 3.58. The highest BCUT2D eigenvalue weighted by molar-refractivity contribution is 4.84. The minimum absolute atomic E-state index is 0.499. The van der Waals surface area contributed by atoms with E-state index in [4.69, 9.17) is 0 Å². The van der Waals surface area contributed by atoms with Gasteiger partial charge < -0.3 is 10.2 Å². The van der Waals surface area contributed by atoms with E-state index in [0.717, 1.165) is 17.9 Å². The molecule has 0 spiro atoms. The topological polar surface area (TPSA) is 15.3 Å². The number of nitrogens with zero attached hydrogens (tertiary/aromatic N) is 1. The summed E-state index contributed by atoms with van der Waals surface area (Å²) >= 11 is 0. The van der Waals surface area contributed by atoms with Crippen molar-refractivity contribution >= 4 is 0 Å². The van der Waals surface area contributed by atoms with E-state index < -0.39 is 0 Å². The maximum atomic E-state index is 3.58. The van der Waals surface area contributed by atoms with Gasteiger partial charge in [0.05, 0.1) is 0 Å². The van der Waals surface area contributed by atoms with Gasteiger partial charge in [0.2, 0.25) is 0 Å². The summed E-state index contributed by atoms with van der Waals surface area (Å²) < 4.78 is 0. The third-order valence-electron chi connectivity index (χ3n) is 5.98. The van der Waals surface area contributed by atoms with Gasteiger partial charge in [-0.05, 0) is 75.4 Å². The first kappa shape index (κ1) is 17.3. The van der Waals surface area contributed by atoms with Gasteiger partial charge in [-0.25, -0.2) is 0 Å². The fourth-order valence-electron chi connectivity index (χ4n) is 4.46. The van der Waals surface area contributed by atoms with Crippen molar-refractivity contribution in [1.82, 2.24) is 10.2 Å². The molecule has 2 rings (SSSR count). The van der Waals surface area contributed by atoms with Crippen LogP contribution in [-0.2, 0) is 0 Å². The highest BCUT2D eigenvalue weighted by Crippen LogP contribution is 2.37. The summed E-state index contributed by atoms with van der Waals surface area (Å²) in [5, 5.41) is 3.58. The number of hydrogen-bond donors (Lipinski definition) is 1. The highest BCUT2D eigenvalue weighted by Gasteiger charge is 2.30. The summed E-state index contributed by atoms with van der Waals surface area (Å²) in [6.07, 6.45) is 9.98. The van der Waals surface area contributed by atoms with Crippen molar-refractivity contribution in [2.75, 3.05) is 26.2 Å². The van der Waals surface area contributed by atoms with Crippen LogP contribution in [0.3, 0.4) is 0 Å². The predicted molar refractivity (Wildman–Crippen MR) is 92.7 cm³/mol. The van der Waals surface area contributed by atoms with Crippen LogP contribution < -0.4 is 5.32 Å². The summed E-state index contributed by atoms with van der Waals surface area (Å²) in [6, 6.07) is 0.851. The maximum Gasteiger partial charge on any atom is 0.00953 e. The molecule has 2 fully saturated rings. The van der Waals surface area contributed by atoms with Gasteiger partial charge in [-0.15, -0.1) is 0 Å². The van der Waals surface area contributed by atoms with E-state index in [-0.39, 0.29) is 0 Å². The number of nitrogens with one attached hydrogen (secondary N) is 1. The first-order valence-electron chi connectivity index (χ1n) is 9.45. The zero-order valence-corrected chi connectivity index (χ0v) is 15.0. The molecule has 1 saturated carbocycles. The average Bonchev–Trinajstić information content (AvgIpc) is 2.71. The predicted octanol–water partition coefficient (Wildman–Crippen LogP) is 4.30. The summed E-state index contributed by atoms with van der Waals surface area (Å²) in [5.74, 6) is 1.82. The third kappa shape index (κ3) is 5.25. The van der Waals surface area contributed by atoms with E-state index in [0.29, 0.717) is 5.41 Å². The second-order valence-electron chi connectivity index (χ2n) is 8.52. The van der Waals surface area contributed by atoms with Gasteiger partial charge in [-0.1, -0.05) is 34.1 Å². The Bertz CT molecular complexity index is 288. The minimum Gasteiger partial charge on any atom is -0.316 e. The highest BCUT2D eigenvalue weighted by atomic mass is 15.2. The molecule has 0 aromatic carbocycles. The fraction of sp³-hybridized carbons (Fsp3) is 1.00. The van der Waals surface area contributed by atoms with Crippen molar-refractivity contribution in [2.24, 2.45) is 17.3 Å².